The predicted molar refractivity (Wildman–Crippen MR) is 233 cm³/mol. The van der Waals surface area contributed by atoms with E-state index in [-0.39, 0.29) is 31.3 Å². The highest BCUT2D eigenvalue weighted by molar-refractivity contribution is 5.97. The Labute approximate surface area is 359 Å². The number of carbonyl (C=O) groups excluding carboxylic acids is 5. The van der Waals surface area contributed by atoms with E-state index in [1.165, 1.54) is 0 Å². The van der Waals surface area contributed by atoms with E-state index < -0.39 is 70.1 Å². The summed E-state index contributed by atoms with van der Waals surface area (Å²) >= 11 is 0. The van der Waals surface area contributed by atoms with E-state index in [1.54, 1.807) is 27.0 Å². The van der Waals surface area contributed by atoms with Gasteiger partial charge in [0.25, 0.3) is 0 Å². The smallest absolute Gasteiger partial charge is 0.332 e. The Morgan fingerprint density at radius 1 is 0.951 bits per heavy atom. The molecule has 3 aliphatic carbocycles. The summed E-state index contributed by atoms with van der Waals surface area (Å²) in [7, 11) is 1.59. The Hall–Kier alpha value is -5.46. The number of nitrogens with zero attached hydrogens (tertiary/aromatic N) is 1. The highest BCUT2D eigenvalue weighted by atomic mass is 16.5. The lowest BCUT2D eigenvalue weighted by atomic mass is 9.73. The molecule has 5 N–H and O–H groups in total. The summed E-state index contributed by atoms with van der Waals surface area (Å²) in [5.41, 5.74) is 4.87. The van der Waals surface area contributed by atoms with Gasteiger partial charge >= 0.3 is 5.97 Å². The molecule has 3 fully saturated rings. The van der Waals surface area contributed by atoms with Gasteiger partial charge in [-0.25, -0.2) is 9.78 Å². The van der Waals surface area contributed by atoms with Crippen molar-refractivity contribution in [2.24, 2.45) is 34.8 Å². The quantitative estimate of drug-likeness (QED) is 0.0813. The molecule has 6 rings (SSSR count). The molecule has 3 aromatic rings. The lowest BCUT2D eigenvalue weighted by Crippen LogP contribution is -2.66. The van der Waals surface area contributed by atoms with Gasteiger partial charge in [0, 0.05) is 29.0 Å². The summed E-state index contributed by atoms with van der Waals surface area (Å²) in [6, 6.07) is 16.0. The van der Waals surface area contributed by atoms with E-state index >= 15 is 0 Å². The summed E-state index contributed by atoms with van der Waals surface area (Å²) in [6.45, 7) is 13.2. The zero-order valence-electron chi connectivity index (χ0n) is 36.5. The topological polar surface area (TPSA) is 188 Å². The van der Waals surface area contributed by atoms with Crippen LogP contribution in [0.4, 0.5) is 0 Å². The molecule has 13 nitrogen and oxygen atoms in total. The van der Waals surface area contributed by atoms with Crippen LogP contribution in [0.2, 0.25) is 0 Å². The molecule has 0 bridgehead atoms. The maximum absolute atomic E-state index is 14.9. The number of amides is 4. The van der Waals surface area contributed by atoms with Crippen LogP contribution in [0, 0.1) is 29.1 Å². The van der Waals surface area contributed by atoms with Gasteiger partial charge in [-0.1, -0.05) is 76.4 Å². The molecule has 2 aromatic carbocycles. The van der Waals surface area contributed by atoms with Crippen molar-refractivity contribution in [2.75, 3.05) is 13.7 Å². The lowest BCUT2D eigenvalue weighted by Gasteiger charge is -2.42. The monoisotopic (exact) mass is 837 g/mol. The van der Waals surface area contributed by atoms with Crippen molar-refractivity contribution in [1.82, 2.24) is 20.9 Å². The summed E-state index contributed by atoms with van der Waals surface area (Å²) in [6.07, 6.45) is 7.09. The number of ether oxygens (including phenoxy) is 3. The third-order valence-electron chi connectivity index (χ3n) is 14.0. The molecule has 13 heteroatoms. The van der Waals surface area contributed by atoms with Gasteiger partial charge in [0.1, 0.15) is 34.7 Å². The van der Waals surface area contributed by atoms with Crippen LogP contribution in [0.5, 0.6) is 11.5 Å². The molecule has 3 saturated carbocycles. The normalized spacial score (nSPS) is 24.1. The molecule has 328 valence electrons. The van der Waals surface area contributed by atoms with Crippen molar-refractivity contribution >= 4 is 40.5 Å². The Morgan fingerprint density at radius 2 is 1.62 bits per heavy atom. The number of carbonyl (C=O) groups is 5. The van der Waals surface area contributed by atoms with E-state index in [0.29, 0.717) is 42.0 Å². The zero-order chi connectivity index (χ0) is 44.1. The molecule has 0 unspecified atom stereocenters. The predicted octanol–water partition coefficient (Wildman–Crippen LogP) is 6.56. The summed E-state index contributed by atoms with van der Waals surface area (Å²) in [5.74, 6) is -3.91. The molecule has 7 atom stereocenters. The van der Waals surface area contributed by atoms with E-state index in [1.807, 2.05) is 75.4 Å². The van der Waals surface area contributed by atoms with Gasteiger partial charge in [-0.05, 0) is 82.3 Å². The molecule has 0 aliphatic heterocycles. The van der Waals surface area contributed by atoms with Crippen LogP contribution in [-0.4, -0.2) is 71.5 Å². The fourth-order valence-electron chi connectivity index (χ4n) is 9.42. The first-order chi connectivity index (χ1) is 29.2. The van der Waals surface area contributed by atoms with Gasteiger partial charge in [0.2, 0.25) is 23.6 Å². The van der Waals surface area contributed by atoms with Gasteiger partial charge in [-0.2, -0.15) is 0 Å². The van der Waals surface area contributed by atoms with Crippen molar-refractivity contribution in [3.63, 3.8) is 0 Å². The number of esters is 1. The standard InChI is InChI=1S/C48H63N5O8/c1-8-30-28-48(30,45(58)60-11-4)53-42(55)36-25-33(61-39-27-37(29-18-14-12-15-19-29)50-38-26-32(59-7)22-23-34(38)39)24-35(36)41(54)51-40(46(5,9-2)10-3)43(56)52-47(6,44(49)57)31-20-16-13-17-21-31/h8,12,14-15,18-19,22-23,26-27,30-31,33,35-36,40H,1,9-11,13,16-17,20-21,24-25,28H2,2-7H3,(H2,49,57)(H,51,54)(H,52,56)(H,53,55)/t30-,33+,35-,36-,40-,47+,48-/m1/s1. The number of nitrogens with two attached hydrogens (primary N) is 1. The molecule has 61 heavy (non-hydrogen) atoms. The third-order valence-corrected chi connectivity index (χ3v) is 14.0. The largest absolute Gasteiger partial charge is 0.497 e. The number of hydrogen-bond acceptors (Lipinski definition) is 9. The Morgan fingerprint density at radius 3 is 2.21 bits per heavy atom. The van der Waals surface area contributed by atoms with Gasteiger partial charge in [0.15, 0.2) is 0 Å². The van der Waals surface area contributed by atoms with Gasteiger partial charge in [-0.3, -0.25) is 19.2 Å². The van der Waals surface area contributed by atoms with Crippen molar-refractivity contribution in [2.45, 2.75) is 122 Å². The highest BCUT2D eigenvalue weighted by Gasteiger charge is 2.62. The van der Waals surface area contributed by atoms with Gasteiger partial charge < -0.3 is 35.9 Å². The first-order valence-corrected chi connectivity index (χ1v) is 21.9. The van der Waals surface area contributed by atoms with Crippen LogP contribution in [0.3, 0.4) is 0 Å². The van der Waals surface area contributed by atoms with Crippen LogP contribution in [0.15, 0.2) is 67.3 Å². The summed E-state index contributed by atoms with van der Waals surface area (Å²) in [4.78, 5) is 75.2. The summed E-state index contributed by atoms with van der Waals surface area (Å²) < 4.78 is 17.7. The number of benzene rings is 2. The Kier molecular flexibility index (Phi) is 13.8. The summed E-state index contributed by atoms with van der Waals surface area (Å²) in [5, 5.41) is 9.79. The molecule has 0 radical (unpaired) electrons. The molecular formula is C48H63N5O8. The number of pyridine rings is 1. The van der Waals surface area contributed by atoms with Crippen LogP contribution < -0.4 is 31.2 Å². The van der Waals surface area contributed by atoms with Crippen molar-refractivity contribution in [1.29, 1.82) is 0 Å². The minimum absolute atomic E-state index is 0.131. The minimum Gasteiger partial charge on any atom is -0.497 e. The number of aromatic nitrogens is 1. The second-order valence-electron chi connectivity index (χ2n) is 17.6. The molecular weight excluding hydrogens is 775 g/mol. The van der Waals surface area contributed by atoms with Crippen molar-refractivity contribution < 1.29 is 38.2 Å². The van der Waals surface area contributed by atoms with Gasteiger partial charge in [0.05, 0.1) is 36.8 Å². The fourth-order valence-corrected chi connectivity index (χ4v) is 9.42. The number of fused-ring (bicyclic) bond motifs is 1. The number of primary amides is 1. The van der Waals surface area contributed by atoms with E-state index in [4.69, 9.17) is 24.9 Å². The van der Waals surface area contributed by atoms with Crippen LogP contribution in [-0.2, 0) is 28.7 Å². The number of methoxy groups -OCH3 is 1. The highest BCUT2D eigenvalue weighted by Crippen LogP contribution is 2.47. The molecule has 0 spiro atoms. The van der Waals surface area contributed by atoms with E-state index in [9.17, 15) is 24.0 Å². The van der Waals surface area contributed by atoms with Crippen molar-refractivity contribution in [3.05, 3.63) is 67.3 Å². The van der Waals surface area contributed by atoms with Crippen LogP contribution in [0.1, 0.15) is 98.8 Å². The third kappa shape index (κ3) is 9.26. The van der Waals surface area contributed by atoms with Crippen LogP contribution >= 0.6 is 0 Å². The number of hydrogen-bond donors (Lipinski definition) is 4. The average Bonchev–Trinajstić information content (AvgIpc) is 3.83. The number of nitrogens with one attached hydrogen (secondary N) is 3. The van der Waals surface area contributed by atoms with Gasteiger partial charge in [-0.15, -0.1) is 6.58 Å². The average molecular weight is 838 g/mol. The SMILES string of the molecule is C=C[C@@H]1C[C@]1(NC(=O)[C@@H]1C[C@@H](Oc2cc(-c3ccccc3)nc3cc(OC)ccc23)C[C@H]1C(=O)N[C@H](C(=O)N[C@](C)(C(N)=O)C1CCCCC1)C(C)(CC)CC)C(=O)OCC. The zero-order valence-corrected chi connectivity index (χ0v) is 36.5. The fraction of sp³-hybridized carbons (Fsp3) is 0.542. The first kappa shape index (κ1) is 45.1. The minimum atomic E-state index is -1.32. The van der Waals surface area contributed by atoms with E-state index in [0.717, 1.165) is 43.1 Å². The number of rotatable bonds is 18. The molecule has 3 aliphatic rings. The maximum Gasteiger partial charge on any atom is 0.332 e. The molecule has 1 aromatic heterocycles. The van der Waals surface area contributed by atoms with Crippen molar-refractivity contribution in [3.8, 4) is 22.8 Å². The second-order valence-corrected chi connectivity index (χ2v) is 17.6. The molecule has 4 amide bonds. The van der Waals surface area contributed by atoms with E-state index in [2.05, 4.69) is 22.5 Å². The maximum atomic E-state index is 14.9. The Bertz CT molecular complexity index is 2120. The first-order valence-electron chi connectivity index (χ1n) is 21.9. The Balaban J connectivity index is 1.35. The van der Waals surface area contributed by atoms with Crippen LogP contribution in [0.25, 0.3) is 22.2 Å². The molecule has 1 heterocycles. The lowest BCUT2D eigenvalue weighted by molar-refractivity contribution is -0.150. The second kappa shape index (κ2) is 18.7. The molecule has 0 saturated heterocycles.